The maximum Gasteiger partial charge on any atom is 0.244 e. The van der Waals surface area contributed by atoms with Gasteiger partial charge in [-0.1, -0.05) is 55.2 Å². The van der Waals surface area contributed by atoms with E-state index < -0.39 is 10.0 Å². The van der Waals surface area contributed by atoms with Crippen molar-refractivity contribution in [3.8, 4) is 10.6 Å². The molecule has 1 heterocycles. The molecule has 2 aromatic rings. The van der Waals surface area contributed by atoms with Gasteiger partial charge < -0.3 is 4.90 Å². The molecule has 0 N–H and O–H groups in total. The minimum atomic E-state index is -3.71. The van der Waals surface area contributed by atoms with E-state index in [9.17, 15) is 8.42 Å². The molecule has 0 spiro atoms. The van der Waals surface area contributed by atoms with Crippen molar-refractivity contribution in [3.63, 3.8) is 0 Å². The zero-order valence-corrected chi connectivity index (χ0v) is 21.8. The van der Waals surface area contributed by atoms with E-state index in [0.717, 1.165) is 41.2 Å². The molecule has 10 heteroatoms. The molecule has 0 atom stereocenters. The predicted molar refractivity (Wildman–Crippen MR) is 132 cm³/mol. The number of aryl methyl sites for hydroxylation is 1. The van der Waals surface area contributed by atoms with Crippen molar-refractivity contribution in [1.82, 2.24) is 19.0 Å². The minimum absolute atomic E-state index is 0.131. The largest absolute Gasteiger partial charge is 0.309 e. The highest BCUT2D eigenvalue weighted by atomic mass is 35.5. The molecule has 32 heavy (non-hydrogen) atoms. The summed E-state index contributed by atoms with van der Waals surface area (Å²) in [4.78, 5) is 7.95. The van der Waals surface area contributed by atoms with Gasteiger partial charge in [-0.15, -0.1) is 0 Å². The summed E-state index contributed by atoms with van der Waals surface area (Å²) in [6.07, 6.45) is 6.74. The monoisotopic (exact) mass is 499 g/mol. The average Bonchev–Trinajstić information content (AvgIpc) is 3.12. The van der Waals surface area contributed by atoms with E-state index in [2.05, 4.69) is 5.10 Å². The van der Waals surface area contributed by atoms with Crippen LogP contribution in [0.5, 0.6) is 0 Å². The highest BCUT2D eigenvalue weighted by Gasteiger charge is 2.26. The fourth-order valence-corrected chi connectivity index (χ4v) is 6.87. The summed E-state index contributed by atoms with van der Waals surface area (Å²) in [6.45, 7) is 3.52. The van der Waals surface area contributed by atoms with Crippen LogP contribution in [-0.2, 0) is 17.1 Å². The summed E-state index contributed by atoms with van der Waals surface area (Å²) >= 11 is 7.86. The molecule has 0 aliphatic heterocycles. The second-order valence-corrected chi connectivity index (χ2v) is 11.8. The fourth-order valence-electron chi connectivity index (χ4n) is 3.93. The number of nitrogens with zero attached hydrogens (tertiary/aromatic N) is 5. The predicted octanol–water partition coefficient (Wildman–Crippen LogP) is 4.00. The lowest BCUT2D eigenvalue weighted by molar-refractivity contribution is 0.356. The molecular formula is C22H34ClN5O2S2. The van der Waals surface area contributed by atoms with Crippen LogP contribution in [0.25, 0.3) is 10.6 Å². The molecule has 0 amide bonds. The van der Waals surface area contributed by atoms with Crippen molar-refractivity contribution >= 4 is 33.0 Å². The molecule has 178 valence electrons. The van der Waals surface area contributed by atoms with Gasteiger partial charge in [-0.05, 0) is 52.0 Å². The number of halogens is 1. The number of benzene rings is 1. The zero-order valence-electron chi connectivity index (χ0n) is 19.4. The second-order valence-electron chi connectivity index (χ2n) is 8.53. The Labute approximate surface area is 200 Å². The van der Waals surface area contributed by atoms with E-state index in [1.165, 1.54) is 34.9 Å². The number of hydrogen-bond acceptors (Lipinski definition) is 6. The molecule has 0 saturated heterocycles. The lowest BCUT2D eigenvalue weighted by Gasteiger charge is -2.22. The Hall–Kier alpha value is -1.26. The van der Waals surface area contributed by atoms with Crippen LogP contribution >= 0.6 is 22.9 Å². The fraction of sp³-hybridized carbons (Fsp3) is 0.636. The quantitative estimate of drug-likeness (QED) is 0.523. The van der Waals surface area contributed by atoms with Crippen LogP contribution in [0.1, 0.15) is 45.4 Å². The highest BCUT2D eigenvalue weighted by Crippen LogP contribution is 2.30. The number of hydrogen-bond donors (Lipinski definition) is 0. The Morgan fingerprint density at radius 2 is 1.94 bits per heavy atom. The molecule has 0 unspecified atom stereocenters. The summed E-state index contributed by atoms with van der Waals surface area (Å²) in [7, 11) is 2.14. The zero-order chi connectivity index (χ0) is 23.3. The van der Waals surface area contributed by atoms with E-state index in [0.29, 0.717) is 19.1 Å². The lowest BCUT2D eigenvalue weighted by Crippen LogP contribution is -2.33. The Morgan fingerprint density at radius 3 is 2.59 bits per heavy atom. The average molecular weight is 500 g/mol. The van der Waals surface area contributed by atoms with Crippen molar-refractivity contribution in [2.24, 2.45) is 12.0 Å². The van der Waals surface area contributed by atoms with Gasteiger partial charge >= 0.3 is 0 Å². The third kappa shape index (κ3) is 6.20. The second kappa shape index (κ2) is 11.2. The molecule has 7 nitrogen and oxygen atoms in total. The van der Waals surface area contributed by atoms with Gasteiger partial charge in [0.2, 0.25) is 14.8 Å². The Kier molecular flexibility index (Phi) is 8.91. The van der Waals surface area contributed by atoms with Gasteiger partial charge in [-0.25, -0.2) is 13.1 Å². The van der Waals surface area contributed by atoms with Gasteiger partial charge in [0.05, 0.1) is 11.1 Å². The molecule has 1 aromatic heterocycles. The van der Waals surface area contributed by atoms with Gasteiger partial charge in [0.15, 0.2) is 0 Å². The maximum atomic E-state index is 13.4. The van der Waals surface area contributed by atoms with Gasteiger partial charge in [0.25, 0.3) is 0 Å². The van der Waals surface area contributed by atoms with Crippen LogP contribution in [0.4, 0.5) is 0 Å². The summed E-state index contributed by atoms with van der Waals surface area (Å²) < 4.78 is 30.0. The van der Waals surface area contributed by atoms with Crippen LogP contribution in [0.15, 0.2) is 28.1 Å². The normalized spacial score (nSPS) is 16.4. The van der Waals surface area contributed by atoms with E-state index >= 15 is 0 Å². The topological polar surface area (TPSA) is 70.8 Å². The summed E-state index contributed by atoms with van der Waals surface area (Å²) in [5.74, 6) is 0. The van der Waals surface area contributed by atoms with Crippen molar-refractivity contribution in [3.05, 3.63) is 28.0 Å². The lowest BCUT2D eigenvalue weighted by atomic mass is 9.96. The molecular weight excluding hydrogens is 466 g/mol. The molecule has 1 aliphatic carbocycles. The van der Waals surface area contributed by atoms with E-state index in [1.807, 2.05) is 39.0 Å². The van der Waals surface area contributed by atoms with Crippen molar-refractivity contribution in [2.45, 2.75) is 56.4 Å². The molecule has 1 aromatic carbocycles. The van der Waals surface area contributed by atoms with Crippen molar-refractivity contribution in [1.29, 1.82) is 0 Å². The summed E-state index contributed by atoms with van der Waals surface area (Å²) in [5, 5.41) is 5.59. The van der Waals surface area contributed by atoms with Crippen LogP contribution in [-0.4, -0.2) is 67.2 Å². The standard InChI is InChI=1S/C22H34ClN5O2S2/c1-5-28(15-9-14-26(2)3)32(29,30)20-16-17(12-13-19(20)23)21-25-27(4)22(31-21)24-18-10-7-6-8-11-18/h12-13,16,18H,5-11,14-15H2,1-4H3/b24-22+. The smallest absolute Gasteiger partial charge is 0.244 e. The van der Waals surface area contributed by atoms with E-state index in [4.69, 9.17) is 16.6 Å². The first-order chi connectivity index (χ1) is 15.2. The van der Waals surface area contributed by atoms with Crippen molar-refractivity contribution in [2.75, 3.05) is 33.7 Å². The van der Waals surface area contributed by atoms with E-state index in [-0.39, 0.29) is 9.92 Å². The van der Waals surface area contributed by atoms with Gasteiger partial charge in [-0.3, -0.25) is 4.99 Å². The minimum Gasteiger partial charge on any atom is -0.309 e. The first kappa shape index (κ1) is 25.4. The number of rotatable bonds is 9. The molecule has 1 aliphatic rings. The van der Waals surface area contributed by atoms with Gasteiger partial charge in [0.1, 0.15) is 9.90 Å². The van der Waals surface area contributed by atoms with Gasteiger partial charge in [-0.2, -0.15) is 9.40 Å². The summed E-state index contributed by atoms with van der Waals surface area (Å²) in [6, 6.07) is 5.48. The Morgan fingerprint density at radius 1 is 1.22 bits per heavy atom. The third-order valence-corrected chi connectivity index (χ3v) is 9.25. The Bertz CT molecular complexity index is 1070. The molecule has 0 radical (unpaired) electrons. The van der Waals surface area contributed by atoms with Gasteiger partial charge in [0, 0.05) is 25.7 Å². The van der Waals surface area contributed by atoms with Crippen LogP contribution < -0.4 is 4.80 Å². The van der Waals surface area contributed by atoms with E-state index in [1.54, 1.807) is 16.8 Å². The van der Waals surface area contributed by atoms with Crippen LogP contribution in [0.3, 0.4) is 0 Å². The third-order valence-electron chi connectivity index (χ3n) is 5.73. The molecule has 1 fully saturated rings. The number of aromatic nitrogens is 2. The van der Waals surface area contributed by atoms with Crippen molar-refractivity contribution < 1.29 is 8.42 Å². The first-order valence-corrected chi connectivity index (χ1v) is 13.9. The summed E-state index contributed by atoms with van der Waals surface area (Å²) in [5.41, 5.74) is 0.739. The molecule has 1 saturated carbocycles. The van der Waals surface area contributed by atoms with Crippen LogP contribution in [0.2, 0.25) is 5.02 Å². The van der Waals surface area contributed by atoms with Crippen LogP contribution in [0, 0.1) is 0 Å². The molecule has 3 rings (SSSR count). The number of sulfonamides is 1. The highest BCUT2D eigenvalue weighted by molar-refractivity contribution is 7.89. The first-order valence-electron chi connectivity index (χ1n) is 11.2. The SMILES string of the molecule is CCN(CCCN(C)C)S(=O)(=O)c1cc(-c2nn(C)/c(=N\C3CCCCC3)s2)ccc1Cl. The maximum absolute atomic E-state index is 13.4. The molecule has 0 bridgehead atoms. The Balaban J connectivity index is 1.90.